The average Bonchev–Trinajstić information content (AvgIpc) is 3.09. The second-order valence-electron chi connectivity index (χ2n) is 8.61. The van der Waals surface area contributed by atoms with Crippen LogP contribution in [-0.2, 0) is 25.0 Å². The van der Waals surface area contributed by atoms with Crippen LogP contribution in [0, 0.1) is 0 Å². The number of hydrogen-bond acceptors (Lipinski definition) is 6. The smallest absolute Gasteiger partial charge is 0.259 e. The van der Waals surface area contributed by atoms with Gasteiger partial charge in [0.15, 0.2) is 12.4 Å². The first-order chi connectivity index (χ1) is 16.2. The molecule has 2 aliphatic heterocycles. The van der Waals surface area contributed by atoms with Gasteiger partial charge in [-0.1, -0.05) is 36.9 Å². The second-order valence-corrected chi connectivity index (χ2v) is 10.0. The van der Waals surface area contributed by atoms with E-state index in [9.17, 15) is 4.79 Å². The lowest BCUT2D eigenvalue weighted by Gasteiger charge is -2.37. The van der Waals surface area contributed by atoms with Crippen molar-refractivity contribution in [2.75, 3.05) is 6.61 Å². The molecule has 0 saturated carbocycles. The molecule has 1 saturated heterocycles. The zero-order chi connectivity index (χ0) is 24.8. The molecule has 1 aromatic carbocycles. The summed E-state index contributed by atoms with van der Waals surface area (Å²) >= 11 is 0. The molecule has 0 aliphatic carbocycles. The van der Waals surface area contributed by atoms with Gasteiger partial charge >= 0.3 is 0 Å². The van der Waals surface area contributed by atoms with Gasteiger partial charge in [-0.3, -0.25) is 4.79 Å². The van der Waals surface area contributed by atoms with Crippen LogP contribution in [0.15, 0.2) is 55.0 Å². The molecule has 2 unspecified atom stereocenters. The first kappa shape index (κ1) is 24.3. The van der Waals surface area contributed by atoms with Gasteiger partial charge in [-0.15, -0.1) is 0 Å². The lowest BCUT2D eigenvalue weighted by molar-refractivity contribution is -0.117. The van der Waals surface area contributed by atoms with E-state index >= 15 is 4.39 Å². The van der Waals surface area contributed by atoms with Crippen molar-refractivity contribution in [1.82, 2.24) is 14.9 Å². The third kappa shape index (κ3) is 6.40. The summed E-state index contributed by atoms with van der Waals surface area (Å²) in [5, 5.41) is 2.55. The maximum Gasteiger partial charge on any atom is 0.259 e. The van der Waals surface area contributed by atoms with Crippen LogP contribution >= 0.6 is 8.53 Å². The monoisotopic (exact) mass is 480 g/mol. The van der Waals surface area contributed by atoms with Crippen LogP contribution < -0.4 is 5.32 Å². The quantitative estimate of drug-likeness (QED) is 0.499. The Morgan fingerprint density at radius 2 is 2.00 bits per heavy atom. The maximum atomic E-state index is 15.7. The Bertz CT molecular complexity index is 852. The van der Waals surface area contributed by atoms with Crippen LogP contribution in [0.3, 0.4) is 0 Å². The van der Waals surface area contributed by atoms with Gasteiger partial charge in [0.25, 0.3) is 14.4 Å². The fourth-order valence-corrected chi connectivity index (χ4v) is 5.65. The van der Waals surface area contributed by atoms with Crippen LogP contribution in [0.25, 0.3) is 0 Å². The molecule has 33 heavy (non-hydrogen) atoms. The molecule has 9 heteroatoms. The molecule has 1 aromatic rings. The minimum absolute atomic E-state index is 0.105. The molecule has 2 aliphatic rings. The summed E-state index contributed by atoms with van der Waals surface area (Å²) in [6.45, 7) is 12.2. The van der Waals surface area contributed by atoms with E-state index in [4.69, 9.17) is 15.2 Å². The summed E-state index contributed by atoms with van der Waals surface area (Å²) in [6, 6.07) is 10.2. The number of alkyl halides is 1. The third-order valence-electron chi connectivity index (χ3n) is 5.40. The lowest BCUT2D eigenvalue weighted by Crippen LogP contribution is -2.45. The summed E-state index contributed by atoms with van der Waals surface area (Å²) in [6.07, 6.45) is -0.987. The molecule has 182 valence electrons. The van der Waals surface area contributed by atoms with E-state index in [0.29, 0.717) is 13.0 Å². The molecule has 1 N–H and O–H groups in total. The summed E-state index contributed by atoms with van der Waals surface area (Å²) in [5.74, 6) is -0.115. The van der Waals surface area contributed by atoms with Crippen molar-refractivity contribution in [3.8, 4) is 0 Å². The summed E-state index contributed by atoms with van der Waals surface area (Å²) in [5.41, 5.74) is 1.15. The zero-order valence-electron chi connectivity index (χ0n) is 20.7. The molecule has 0 spiro atoms. The lowest BCUT2D eigenvalue weighted by atomic mass is 10.1. The number of nitrogens with zero attached hydrogens (tertiary/aromatic N) is 2. The van der Waals surface area contributed by atoms with Gasteiger partial charge < -0.3 is 24.0 Å². The molecule has 0 aromatic heterocycles. The Balaban J connectivity index is 1.76. The topological polar surface area (TPSA) is 63.3 Å². The number of ether oxygens (including phenoxy) is 1. The largest absolute Gasteiger partial charge is 0.349 e. The highest BCUT2D eigenvalue weighted by atomic mass is 31.2. The Labute approximate surface area is 198 Å². The number of halogens is 1. The van der Waals surface area contributed by atoms with Crippen LogP contribution in [0.4, 0.5) is 4.39 Å². The number of carbonyl (C=O) groups is 1. The van der Waals surface area contributed by atoms with E-state index in [2.05, 4.69) is 16.6 Å². The van der Waals surface area contributed by atoms with Gasteiger partial charge in [0.05, 0.1) is 12.7 Å². The third-order valence-corrected chi connectivity index (χ3v) is 7.53. The standard InChI is InChI=1S/C24H35FN3O4P/c1-16(2)28(17(3)4)33(30-15-13-20-10-8-7-9-11-20)32-23-18(5)31-24(22(23)25)27-14-12-21(29)26-19(27)6/h7-12,14,16-18,22-24H,6,13,15H2,1-5H3,(H,26,29)/t18-,22+,23?,24-,33?/m1/s1/i5D. The highest BCUT2D eigenvalue weighted by Gasteiger charge is 2.49. The van der Waals surface area contributed by atoms with Crippen molar-refractivity contribution in [3.63, 3.8) is 0 Å². The summed E-state index contributed by atoms with van der Waals surface area (Å²) in [4.78, 5) is 13.0. The molecule has 2 heterocycles. The van der Waals surface area contributed by atoms with Crippen molar-refractivity contribution in [1.29, 1.82) is 0 Å². The molecule has 0 bridgehead atoms. The number of hydrogen-bond donors (Lipinski definition) is 1. The average molecular weight is 481 g/mol. The van der Waals surface area contributed by atoms with Crippen molar-refractivity contribution in [2.45, 2.75) is 77.7 Å². The van der Waals surface area contributed by atoms with Gasteiger partial charge in [-0.25, -0.2) is 9.06 Å². The fourth-order valence-electron chi connectivity index (χ4n) is 3.88. The number of carbonyl (C=O) groups excluding carboxylic acids is 1. The second kappa shape index (κ2) is 11.5. The maximum absolute atomic E-state index is 15.7. The van der Waals surface area contributed by atoms with Gasteiger partial charge in [-0.2, -0.15) is 0 Å². The van der Waals surface area contributed by atoms with E-state index in [1.807, 2.05) is 58.0 Å². The molecular weight excluding hydrogens is 444 g/mol. The number of rotatable bonds is 10. The Kier molecular flexibility index (Phi) is 8.50. The normalized spacial score (nSPS) is 26.9. The number of benzene rings is 1. The van der Waals surface area contributed by atoms with Crippen LogP contribution in [0.2, 0.25) is 0 Å². The van der Waals surface area contributed by atoms with Crippen LogP contribution in [-0.4, -0.2) is 58.8 Å². The van der Waals surface area contributed by atoms with Crippen LogP contribution in [0.5, 0.6) is 0 Å². The van der Waals surface area contributed by atoms with Crippen molar-refractivity contribution in [3.05, 3.63) is 60.6 Å². The predicted molar refractivity (Wildman–Crippen MR) is 127 cm³/mol. The predicted octanol–water partition coefficient (Wildman–Crippen LogP) is 4.48. The SMILES string of the molecule is [2H]C[C@H]1O[C@@H](N2C=CC(=O)NC2=C)[C@@H](F)C1OP(OCCc1ccccc1)N(C(C)C)C(C)C. The van der Waals surface area contributed by atoms with E-state index < -0.39 is 33.1 Å². The molecule has 1 fully saturated rings. The van der Waals surface area contributed by atoms with E-state index in [1.165, 1.54) is 17.2 Å². The highest BCUT2D eigenvalue weighted by Crippen LogP contribution is 2.49. The van der Waals surface area contributed by atoms with Gasteiger partial charge in [-0.05, 0) is 46.6 Å². The van der Waals surface area contributed by atoms with Gasteiger partial charge in [0, 0.05) is 25.7 Å². The first-order valence-electron chi connectivity index (χ1n) is 11.9. The Morgan fingerprint density at radius 1 is 1.30 bits per heavy atom. The van der Waals surface area contributed by atoms with E-state index in [1.54, 1.807) is 0 Å². The van der Waals surface area contributed by atoms with Crippen molar-refractivity contribution >= 4 is 14.4 Å². The first-order valence-corrected chi connectivity index (χ1v) is 12.3. The van der Waals surface area contributed by atoms with E-state index in [-0.39, 0.29) is 30.7 Å². The fraction of sp³-hybridized carbons (Fsp3) is 0.542. The molecule has 1 amide bonds. The van der Waals surface area contributed by atoms with Crippen LogP contribution in [0.1, 0.15) is 41.5 Å². The van der Waals surface area contributed by atoms with Gasteiger partial charge in [0.2, 0.25) is 0 Å². The summed E-state index contributed by atoms with van der Waals surface area (Å²) < 4.78 is 44.2. The zero-order valence-corrected chi connectivity index (χ0v) is 20.6. The Hall–Kier alpha value is -1.83. The minimum atomic E-state index is -1.62. The molecule has 0 radical (unpaired) electrons. The number of amides is 1. The molecular formula is C24H35FN3O4P. The molecule has 5 atom stereocenters. The highest BCUT2D eigenvalue weighted by molar-refractivity contribution is 7.44. The van der Waals surface area contributed by atoms with Crippen molar-refractivity contribution < 1.29 is 24.3 Å². The van der Waals surface area contributed by atoms with E-state index in [0.717, 1.165) is 5.56 Å². The van der Waals surface area contributed by atoms with Crippen molar-refractivity contribution in [2.24, 2.45) is 0 Å². The van der Waals surface area contributed by atoms with Gasteiger partial charge in [0.1, 0.15) is 11.9 Å². The number of nitrogens with one attached hydrogen (secondary N) is 1. The molecule has 3 rings (SSSR count). The molecule has 7 nitrogen and oxygen atoms in total. The Morgan fingerprint density at radius 3 is 2.61 bits per heavy atom. The minimum Gasteiger partial charge on any atom is -0.349 e. The summed E-state index contributed by atoms with van der Waals surface area (Å²) in [7, 11) is -1.62.